The minimum absolute atomic E-state index is 0.148. The monoisotopic (exact) mass is 350 g/mol. The van der Waals surface area contributed by atoms with Gasteiger partial charge in [-0.15, -0.1) is 0 Å². The molecule has 4 rings (SSSR count). The lowest BCUT2D eigenvalue weighted by molar-refractivity contribution is 0.859. The first-order valence-electron chi connectivity index (χ1n) is 7.85. The molecule has 4 aromatic rings. The summed E-state index contributed by atoms with van der Waals surface area (Å²) in [5, 5.41) is 5.33. The average molecular weight is 351 g/mol. The molecule has 0 bridgehead atoms. The Balaban J connectivity index is 1.98. The zero-order valence-electron chi connectivity index (χ0n) is 13.8. The van der Waals surface area contributed by atoms with Crippen LogP contribution in [0.2, 0.25) is 5.02 Å². The maximum atomic E-state index is 13.0. The van der Waals surface area contributed by atoms with E-state index in [1.54, 1.807) is 15.3 Å². The molecule has 0 spiro atoms. The second-order valence-corrected chi connectivity index (χ2v) is 6.29. The number of benzene rings is 2. The molecule has 0 fully saturated rings. The van der Waals surface area contributed by atoms with Gasteiger partial charge >= 0.3 is 0 Å². The van der Waals surface area contributed by atoms with Gasteiger partial charge in [0.15, 0.2) is 5.65 Å². The van der Waals surface area contributed by atoms with Crippen molar-refractivity contribution in [3.05, 3.63) is 81.5 Å². The highest BCUT2D eigenvalue weighted by atomic mass is 35.5. The summed E-state index contributed by atoms with van der Waals surface area (Å²) in [6.07, 6.45) is 1.54. The number of aryl methyl sites for hydroxylation is 2. The molecule has 0 aliphatic carbocycles. The zero-order valence-corrected chi connectivity index (χ0v) is 14.5. The van der Waals surface area contributed by atoms with Gasteiger partial charge in [0.2, 0.25) is 0 Å². The summed E-state index contributed by atoms with van der Waals surface area (Å²) in [4.78, 5) is 17.6. The molecular formula is C19H15ClN4O. The molecule has 0 unspecified atom stereocenters. The summed E-state index contributed by atoms with van der Waals surface area (Å²) >= 11 is 6.27. The maximum absolute atomic E-state index is 13.0. The van der Waals surface area contributed by atoms with Crippen LogP contribution in [0.5, 0.6) is 0 Å². The van der Waals surface area contributed by atoms with E-state index in [1.165, 1.54) is 6.20 Å². The number of rotatable bonds is 2. The van der Waals surface area contributed by atoms with E-state index in [9.17, 15) is 4.79 Å². The van der Waals surface area contributed by atoms with Gasteiger partial charge in [0, 0.05) is 0 Å². The SMILES string of the molecule is Cc1ccc(-n2c(C)nc3c(cnn3-c3ccccc3Cl)c2=O)cc1. The van der Waals surface area contributed by atoms with Gasteiger partial charge in [0.25, 0.3) is 5.56 Å². The molecule has 0 atom stereocenters. The van der Waals surface area contributed by atoms with Crippen LogP contribution in [0.4, 0.5) is 0 Å². The Labute approximate surface area is 149 Å². The molecule has 0 amide bonds. The molecule has 0 saturated heterocycles. The molecule has 2 aromatic heterocycles. The van der Waals surface area contributed by atoms with Crippen molar-refractivity contribution in [3.8, 4) is 11.4 Å². The highest BCUT2D eigenvalue weighted by molar-refractivity contribution is 6.32. The van der Waals surface area contributed by atoms with E-state index in [0.717, 1.165) is 11.3 Å². The van der Waals surface area contributed by atoms with E-state index in [4.69, 9.17) is 11.6 Å². The molecule has 2 aromatic carbocycles. The van der Waals surface area contributed by atoms with Crippen LogP contribution in [0.15, 0.2) is 59.5 Å². The van der Waals surface area contributed by atoms with Gasteiger partial charge in [-0.05, 0) is 38.1 Å². The predicted molar refractivity (Wildman–Crippen MR) is 98.9 cm³/mol. The Bertz CT molecular complexity index is 1140. The van der Waals surface area contributed by atoms with Crippen molar-refractivity contribution in [2.75, 3.05) is 0 Å². The van der Waals surface area contributed by atoms with E-state index in [1.807, 2.05) is 56.3 Å². The van der Waals surface area contributed by atoms with E-state index in [-0.39, 0.29) is 5.56 Å². The van der Waals surface area contributed by atoms with E-state index >= 15 is 0 Å². The third-order valence-electron chi connectivity index (χ3n) is 4.14. The summed E-state index contributed by atoms with van der Waals surface area (Å²) in [5.41, 5.74) is 2.96. The van der Waals surface area contributed by atoms with E-state index < -0.39 is 0 Å². The fourth-order valence-corrected chi connectivity index (χ4v) is 3.08. The summed E-state index contributed by atoms with van der Waals surface area (Å²) in [6, 6.07) is 15.1. The Kier molecular flexibility index (Phi) is 3.66. The van der Waals surface area contributed by atoms with Crippen molar-refractivity contribution in [2.24, 2.45) is 0 Å². The average Bonchev–Trinajstić information content (AvgIpc) is 3.01. The van der Waals surface area contributed by atoms with Gasteiger partial charge in [0.1, 0.15) is 11.2 Å². The molecule has 6 heteroatoms. The Morgan fingerprint density at radius 3 is 2.44 bits per heavy atom. The highest BCUT2D eigenvalue weighted by Gasteiger charge is 2.16. The zero-order chi connectivity index (χ0) is 17.6. The number of para-hydroxylation sites is 1. The number of hydrogen-bond donors (Lipinski definition) is 0. The lowest BCUT2D eigenvalue weighted by Gasteiger charge is -2.11. The van der Waals surface area contributed by atoms with Crippen LogP contribution in [-0.4, -0.2) is 19.3 Å². The fourth-order valence-electron chi connectivity index (χ4n) is 2.87. The molecule has 25 heavy (non-hydrogen) atoms. The van der Waals surface area contributed by atoms with Crippen LogP contribution < -0.4 is 5.56 Å². The van der Waals surface area contributed by atoms with Crippen LogP contribution in [0.25, 0.3) is 22.4 Å². The van der Waals surface area contributed by atoms with Crippen LogP contribution >= 0.6 is 11.6 Å². The molecule has 0 saturated carbocycles. The first-order chi connectivity index (χ1) is 12.1. The molecule has 124 valence electrons. The lowest BCUT2D eigenvalue weighted by atomic mass is 10.2. The number of nitrogens with zero attached hydrogens (tertiary/aromatic N) is 4. The van der Waals surface area contributed by atoms with Crippen LogP contribution in [0.1, 0.15) is 11.4 Å². The van der Waals surface area contributed by atoms with Crippen LogP contribution in [0.3, 0.4) is 0 Å². The summed E-state index contributed by atoms with van der Waals surface area (Å²) in [6.45, 7) is 3.82. The van der Waals surface area contributed by atoms with Crippen molar-refractivity contribution in [1.82, 2.24) is 19.3 Å². The topological polar surface area (TPSA) is 52.7 Å². The molecule has 0 aliphatic rings. The summed E-state index contributed by atoms with van der Waals surface area (Å²) < 4.78 is 3.20. The van der Waals surface area contributed by atoms with Crippen molar-refractivity contribution < 1.29 is 0 Å². The quantitative estimate of drug-likeness (QED) is 0.552. The van der Waals surface area contributed by atoms with Gasteiger partial charge < -0.3 is 0 Å². The lowest BCUT2D eigenvalue weighted by Crippen LogP contribution is -2.22. The van der Waals surface area contributed by atoms with Gasteiger partial charge in [-0.3, -0.25) is 9.36 Å². The van der Waals surface area contributed by atoms with Crippen molar-refractivity contribution in [3.63, 3.8) is 0 Å². The predicted octanol–water partition coefficient (Wildman–Crippen LogP) is 3.84. The second kappa shape index (κ2) is 5.86. The second-order valence-electron chi connectivity index (χ2n) is 5.88. The highest BCUT2D eigenvalue weighted by Crippen LogP contribution is 2.22. The molecule has 0 N–H and O–H groups in total. The smallest absolute Gasteiger partial charge is 0.268 e. The normalized spacial score (nSPS) is 11.2. The molecule has 0 radical (unpaired) electrons. The van der Waals surface area contributed by atoms with Crippen molar-refractivity contribution >= 4 is 22.6 Å². The van der Waals surface area contributed by atoms with E-state index in [2.05, 4.69) is 10.1 Å². The molecule has 0 aliphatic heterocycles. The minimum Gasteiger partial charge on any atom is -0.268 e. The first kappa shape index (κ1) is 15.6. The Morgan fingerprint density at radius 2 is 1.72 bits per heavy atom. The van der Waals surface area contributed by atoms with Gasteiger partial charge in [0.05, 0.1) is 22.6 Å². The number of fused-ring (bicyclic) bond motifs is 1. The number of hydrogen-bond acceptors (Lipinski definition) is 3. The van der Waals surface area contributed by atoms with Gasteiger partial charge in [-0.1, -0.05) is 41.4 Å². The third-order valence-corrected chi connectivity index (χ3v) is 4.46. The Hall–Kier alpha value is -2.92. The summed E-state index contributed by atoms with van der Waals surface area (Å²) in [5.74, 6) is 0.593. The van der Waals surface area contributed by atoms with Gasteiger partial charge in [-0.2, -0.15) is 5.10 Å². The van der Waals surface area contributed by atoms with Crippen LogP contribution in [-0.2, 0) is 0 Å². The van der Waals surface area contributed by atoms with E-state index in [0.29, 0.717) is 27.6 Å². The first-order valence-corrected chi connectivity index (χ1v) is 8.23. The van der Waals surface area contributed by atoms with Crippen LogP contribution in [0, 0.1) is 13.8 Å². The number of halogens is 1. The van der Waals surface area contributed by atoms with Crippen molar-refractivity contribution in [1.29, 1.82) is 0 Å². The number of aromatic nitrogens is 4. The minimum atomic E-state index is -0.148. The summed E-state index contributed by atoms with van der Waals surface area (Å²) in [7, 11) is 0. The molecule has 2 heterocycles. The third kappa shape index (κ3) is 2.53. The molecule has 5 nitrogen and oxygen atoms in total. The molecular weight excluding hydrogens is 336 g/mol. The largest absolute Gasteiger partial charge is 0.269 e. The maximum Gasteiger partial charge on any atom is 0.269 e. The standard InChI is InChI=1S/C19H15ClN4O/c1-12-7-9-14(10-8-12)23-13(2)22-18-15(19(23)25)11-21-24(18)17-6-4-3-5-16(17)20/h3-11H,1-2H3. The van der Waals surface area contributed by atoms with Gasteiger partial charge in [-0.25, -0.2) is 9.67 Å². The van der Waals surface area contributed by atoms with Crippen molar-refractivity contribution in [2.45, 2.75) is 13.8 Å². The Morgan fingerprint density at radius 1 is 1.00 bits per heavy atom. The fraction of sp³-hybridized carbons (Fsp3) is 0.105.